The Labute approximate surface area is 199 Å². The van der Waals surface area contributed by atoms with E-state index in [0.717, 1.165) is 42.9 Å². The van der Waals surface area contributed by atoms with E-state index in [2.05, 4.69) is 15.4 Å². The summed E-state index contributed by atoms with van der Waals surface area (Å²) >= 11 is 0.975. The van der Waals surface area contributed by atoms with Gasteiger partial charge in [0.25, 0.3) is 5.91 Å². The number of ether oxygens (including phenoxy) is 3. The van der Waals surface area contributed by atoms with Crippen LogP contribution >= 0.6 is 11.3 Å². The molecule has 12 heteroatoms. The molecule has 4 rings (SSSR count). The Morgan fingerprint density at radius 2 is 2.06 bits per heavy atom. The van der Waals surface area contributed by atoms with Gasteiger partial charge < -0.3 is 25.3 Å². The lowest BCUT2D eigenvalue weighted by molar-refractivity contribution is 0.0122. The van der Waals surface area contributed by atoms with Crippen molar-refractivity contribution < 1.29 is 27.8 Å². The molecule has 3 N–H and O–H groups in total. The van der Waals surface area contributed by atoms with Crippen molar-refractivity contribution in [2.75, 3.05) is 32.8 Å². The Hall–Kier alpha value is -2.93. The van der Waals surface area contributed by atoms with E-state index in [9.17, 15) is 13.6 Å². The number of halogens is 2. The van der Waals surface area contributed by atoms with Crippen molar-refractivity contribution in [3.63, 3.8) is 0 Å². The molecule has 2 aromatic heterocycles. The smallest absolute Gasteiger partial charge is 0.275 e. The summed E-state index contributed by atoms with van der Waals surface area (Å²) in [6.45, 7) is 1.48. The molecule has 0 aliphatic carbocycles. The zero-order valence-electron chi connectivity index (χ0n) is 19.1. The molecule has 34 heavy (non-hydrogen) atoms. The van der Waals surface area contributed by atoms with Crippen LogP contribution in [0.15, 0.2) is 29.9 Å². The maximum absolute atomic E-state index is 14.1. The molecule has 1 fully saturated rings. The van der Waals surface area contributed by atoms with Crippen molar-refractivity contribution in [3.8, 4) is 16.3 Å². The minimum Gasteiger partial charge on any atom is -0.497 e. The van der Waals surface area contributed by atoms with Gasteiger partial charge in [0, 0.05) is 50.5 Å². The number of nitrogens with zero attached hydrogens (tertiary/aromatic N) is 3. The molecule has 2 atom stereocenters. The van der Waals surface area contributed by atoms with Gasteiger partial charge >= 0.3 is 0 Å². The summed E-state index contributed by atoms with van der Waals surface area (Å²) < 4.78 is 44.9. The Balaban J connectivity index is 0.000000271. The maximum atomic E-state index is 14.1. The highest BCUT2D eigenvalue weighted by atomic mass is 32.1. The van der Waals surface area contributed by atoms with E-state index >= 15 is 0 Å². The van der Waals surface area contributed by atoms with Gasteiger partial charge in [-0.15, -0.1) is 11.3 Å². The topological polar surface area (TPSA) is 114 Å². The first-order valence-corrected chi connectivity index (χ1v) is 11.3. The lowest BCUT2D eigenvalue weighted by Crippen LogP contribution is -2.37. The lowest BCUT2D eigenvalue weighted by Gasteiger charge is -2.17. The molecule has 0 radical (unpaired) electrons. The third-order valence-electron chi connectivity index (χ3n) is 5.05. The van der Waals surface area contributed by atoms with Crippen LogP contribution in [0.2, 0.25) is 0 Å². The molecule has 1 aliphatic rings. The molecule has 0 bridgehead atoms. The van der Waals surface area contributed by atoms with Gasteiger partial charge in [-0.3, -0.25) is 9.48 Å². The number of amides is 1. The van der Waals surface area contributed by atoms with Crippen LogP contribution in [0.1, 0.15) is 23.3 Å². The second-order valence-corrected chi connectivity index (χ2v) is 8.37. The number of aryl methyl sites for hydroxylation is 1. The highest BCUT2D eigenvalue weighted by molar-refractivity contribution is 7.13. The number of carbonyl (C=O) groups excluding carboxylic acids is 1. The molecule has 3 heterocycles. The average molecular weight is 496 g/mol. The molecule has 184 valence electrons. The quantitative estimate of drug-likeness (QED) is 0.559. The minimum atomic E-state index is -0.805. The van der Waals surface area contributed by atoms with Gasteiger partial charge in [0.05, 0.1) is 37.3 Å². The molecular weight excluding hydrogens is 468 g/mol. The van der Waals surface area contributed by atoms with Crippen molar-refractivity contribution >= 4 is 22.9 Å². The molecule has 1 amide bonds. The van der Waals surface area contributed by atoms with E-state index in [4.69, 9.17) is 19.9 Å². The summed E-state index contributed by atoms with van der Waals surface area (Å²) in [6.07, 6.45) is 5.27. The number of nitrogens with one attached hydrogen (secondary N) is 1. The van der Waals surface area contributed by atoms with Gasteiger partial charge in [0.1, 0.15) is 28.1 Å². The van der Waals surface area contributed by atoms with E-state index in [-0.39, 0.29) is 34.2 Å². The standard InChI is InChI=1S/C15H12F2N4O2S.C7H15NO2/c1-21-6-8(5-18-21)19-14(22)12-7-24-15(20-12)13-10(16)3-9(23-2)4-11(13)17;1-9-7-5-10-4-2-3-6(7)8/h3-7H,1-2H3,(H,19,22);6-7H,2-5,8H2,1H3. The predicted octanol–water partition coefficient (Wildman–Crippen LogP) is 3.22. The van der Waals surface area contributed by atoms with Gasteiger partial charge in [-0.25, -0.2) is 13.8 Å². The Bertz CT molecular complexity index is 1080. The van der Waals surface area contributed by atoms with Gasteiger partial charge in [-0.2, -0.15) is 5.10 Å². The van der Waals surface area contributed by atoms with Crippen molar-refractivity contribution in [3.05, 3.63) is 47.2 Å². The zero-order chi connectivity index (χ0) is 24.7. The van der Waals surface area contributed by atoms with Crippen molar-refractivity contribution in [2.45, 2.75) is 25.0 Å². The fourth-order valence-electron chi connectivity index (χ4n) is 3.22. The SMILES string of the molecule is COC1COCCCC1N.COc1cc(F)c(-c2nc(C(=O)Nc3cnn(C)c3)cs2)c(F)c1. The van der Waals surface area contributed by atoms with Crippen LogP contribution in [0.4, 0.5) is 14.5 Å². The van der Waals surface area contributed by atoms with Crippen LogP contribution < -0.4 is 15.8 Å². The first-order valence-electron chi connectivity index (χ1n) is 10.5. The number of benzene rings is 1. The molecule has 0 saturated carbocycles. The van der Waals surface area contributed by atoms with Crippen LogP contribution in [0.5, 0.6) is 5.75 Å². The van der Waals surface area contributed by atoms with Crippen LogP contribution in [-0.2, 0) is 16.5 Å². The summed E-state index contributed by atoms with van der Waals surface area (Å²) in [5, 5.41) is 8.04. The number of anilines is 1. The monoisotopic (exact) mass is 495 g/mol. The highest BCUT2D eigenvalue weighted by Gasteiger charge is 2.20. The molecule has 0 spiro atoms. The van der Waals surface area contributed by atoms with E-state index < -0.39 is 17.5 Å². The summed E-state index contributed by atoms with van der Waals surface area (Å²) in [6, 6.07) is 2.29. The number of rotatable bonds is 5. The van der Waals surface area contributed by atoms with Crippen LogP contribution in [-0.4, -0.2) is 60.3 Å². The molecular formula is C22H27F2N5O4S. The third kappa shape index (κ3) is 6.56. The van der Waals surface area contributed by atoms with Crippen LogP contribution in [0, 0.1) is 11.6 Å². The number of nitrogens with two attached hydrogens (primary N) is 1. The fourth-order valence-corrected chi connectivity index (χ4v) is 4.07. The van der Waals surface area contributed by atoms with Gasteiger partial charge in [-0.1, -0.05) is 0 Å². The van der Waals surface area contributed by atoms with Gasteiger partial charge in [0.15, 0.2) is 0 Å². The number of hydrogen-bond donors (Lipinski definition) is 2. The second kappa shape index (κ2) is 12.0. The minimum absolute atomic E-state index is 0.0634. The van der Waals surface area contributed by atoms with Gasteiger partial charge in [0.2, 0.25) is 0 Å². The highest BCUT2D eigenvalue weighted by Crippen LogP contribution is 2.32. The average Bonchev–Trinajstić information content (AvgIpc) is 3.39. The van der Waals surface area contributed by atoms with Crippen molar-refractivity contribution in [1.82, 2.24) is 14.8 Å². The van der Waals surface area contributed by atoms with E-state index in [1.165, 1.54) is 23.4 Å². The fraction of sp³-hybridized carbons (Fsp3) is 0.409. The first-order chi connectivity index (χ1) is 16.3. The number of thiazole rings is 1. The Morgan fingerprint density at radius 1 is 1.32 bits per heavy atom. The van der Waals surface area contributed by atoms with E-state index in [1.807, 2.05) is 0 Å². The molecule has 1 saturated heterocycles. The second-order valence-electron chi connectivity index (χ2n) is 7.52. The summed E-state index contributed by atoms with van der Waals surface area (Å²) in [7, 11) is 4.71. The Kier molecular flexibility index (Phi) is 9.05. The summed E-state index contributed by atoms with van der Waals surface area (Å²) in [5.74, 6) is -2.03. The molecule has 1 aromatic carbocycles. The van der Waals surface area contributed by atoms with E-state index in [1.54, 1.807) is 20.4 Å². The van der Waals surface area contributed by atoms with Crippen LogP contribution in [0.3, 0.4) is 0 Å². The number of hydrogen-bond acceptors (Lipinski definition) is 8. The molecule has 1 aliphatic heterocycles. The number of methoxy groups -OCH3 is 2. The summed E-state index contributed by atoms with van der Waals surface area (Å²) in [5.41, 5.74) is 6.06. The normalized spacial score (nSPS) is 17.9. The van der Waals surface area contributed by atoms with Crippen molar-refractivity contribution in [1.29, 1.82) is 0 Å². The first kappa shape index (κ1) is 25.7. The Morgan fingerprint density at radius 3 is 2.68 bits per heavy atom. The zero-order valence-corrected chi connectivity index (χ0v) is 19.9. The summed E-state index contributed by atoms with van der Waals surface area (Å²) in [4.78, 5) is 16.1. The maximum Gasteiger partial charge on any atom is 0.275 e. The van der Waals surface area contributed by atoms with E-state index in [0.29, 0.717) is 12.3 Å². The van der Waals surface area contributed by atoms with Crippen LogP contribution in [0.25, 0.3) is 10.6 Å². The molecule has 9 nitrogen and oxygen atoms in total. The number of aromatic nitrogens is 3. The molecule has 2 unspecified atom stereocenters. The number of carbonyl (C=O) groups is 1. The molecule has 3 aromatic rings. The lowest BCUT2D eigenvalue weighted by atomic mass is 10.1. The van der Waals surface area contributed by atoms with Crippen molar-refractivity contribution in [2.24, 2.45) is 12.8 Å². The van der Waals surface area contributed by atoms with Gasteiger partial charge in [-0.05, 0) is 12.8 Å². The predicted molar refractivity (Wildman–Crippen MR) is 124 cm³/mol. The largest absolute Gasteiger partial charge is 0.497 e. The third-order valence-corrected chi connectivity index (χ3v) is 5.91.